The van der Waals surface area contributed by atoms with Crippen LogP contribution in [0.3, 0.4) is 0 Å². The number of rotatable bonds is 14. The molecule has 1 amide bonds. The average Bonchev–Trinajstić information content (AvgIpc) is 3.38. The van der Waals surface area contributed by atoms with E-state index in [0.717, 1.165) is 28.1 Å². The molecule has 0 fully saturated rings. The molecule has 0 saturated carbocycles. The van der Waals surface area contributed by atoms with Crippen LogP contribution in [0.5, 0.6) is 0 Å². The number of aromatic nitrogens is 1. The van der Waals surface area contributed by atoms with E-state index in [1.165, 1.54) is 12.1 Å². The van der Waals surface area contributed by atoms with E-state index in [1.807, 2.05) is 94.5 Å². The summed E-state index contributed by atoms with van der Waals surface area (Å²) < 4.78 is 21.8. The Kier molecular flexibility index (Phi) is 11.9. The number of Topliss-reactive ketones (excluding diaryl/α,β-unsaturated/α-hetero) is 1. The minimum Gasteiger partial charge on any atom is -0.343 e. The number of anilines is 1. The van der Waals surface area contributed by atoms with Gasteiger partial charge in [-0.15, -0.1) is 0 Å². The van der Waals surface area contributed by atoms with E-state index < -0.39 is 14.3 Å². The number of benzene rings is 3. The van der Waals surface area contributed by atoms with E-state index in [2.05, 4.69) is 23.7 Å². The Morgan fingerprint density at radius 2 is 1.46 bits per heavy atom. The van der Waals surface area contributed by atoms with Gasteiger partial charge in [0.2, 0.25) is 0 Å². The lowest BCUT2D eigenvalue weighted by molar-refractivity contribution is -0.221. The third-order valence-corrected chi connectivity index (χ3v) is 13.0. The molecular weight excluding hydrogens is 624 g/mol. The first-order valence-corrected chi connectivity index (χ1v) is 19.4. The fourth-order valence-corrected chi connectivity index (χ4v) is 5.91. The van der Waals surface area contributed by atoms with Gasteiger partial charge in [-0.3, -0.25) is 9.59 Å². The molecule has 1 N–H and O–H groups in total. The van der Waals surface area contributed by atoms with E-state index >= 15 is 0 Å². The first-order valence-electron chi connectivity index (χ1n) is 16.5. The van der Waals surface area contributed by atoms with Gasteiger partial charge in [0.05, 0.1) is 11.3 Å². The van der Waals surface area contributed by atoms with Crippen LogP contribution in [-0.2, 0) is 25.6 Å². The monoisotopic (exact) mass is 670 g/mol. The summed E-state index contributed by atoms with van der Waals surface area (Å²) in [6, 6.07) is 25.4. The Morgan fingerprint density at radius 3 is 2.04 bits per heavy atom. The fourth-order valence-electron chi connectivity index (χ4n) is 5.35. The lowest BCUT2D eigenvalue weighted by Crippen LogP contribution is -2.41. The molecular formula is C39H47FN2O5Si. The number of para-hydroxylation sites is 1. The Morgan fingerprint density at radius 1 is 0.854 bits per heavy atom. The summed E-state index contributed by atoms with van der Waals surface area (Å²) in [7, 11) is -2.30. The van der Waals surface area contributed by atoms with Crippen molar-refractivity contribution in [3.05, 3.63) is 102 Å². The van der Waals surface area contributed by atoms with Gasteiger partial charge in [-0.05, 0) is 84.4 Å². The first-order chi connectivity index (χ1) is 22.7. The predicted octanol–water partition coefficient (Wildman–Crippen LogP) is 9.95. The molecule has 0 saturated heterocycles. The van der Waals surface area contributed by atoms with Crippen LogP contribution in [0.1, 0.15) is 82.3 Å². The summed E-state index contributed by atoms with van der Waals surface area (Å²) in [5.74, 6) is -1.54. The van der Waals surface area contributed by atoms with Gasteiger partial charge in [0, 0.05) is 29.9 Å². The molecule has 4 rings (SSSR count). The highest BCUT2D eigenvalue weighted by Gasteiger charge is 2.40. The van der Waals surface area contributed by atoms with Crippen molar-refractivity contribution in [2.24, 2.45) is 0 Å². The van der Waals surface area contributed by atoms with E-state index in [1.54, 1.807) is 12.1 Å². The molecule has 48 heavy (non-hydrogen) atoms. The standard InChI is InChI=1S/C39H47FN2O5Si/c1-27(2)36-35(38(45)41-31-18-12-9-13-19-31)34(28-16-10-8-11-17-28)37(29-21-23-30(40)24-22-29)42(36)25-15-14-20-32(43)26-33(44)46-47-48(6,7)39(3,4)5/h8-13,16-19,21-24,27H,14-15,20,25-26H2,1-7H3,(H,41,45). The van der Waals surface area contributed by atoms with E-state index in [-0.39, 0.29) is 41.3 Å². The van der Waals surface area contributed by atoms with Crippen molar-refractivity contribution < 1.29 is 28.2 Å². The fraction of sp³-hybridized carbons (Fsp3) is 0.359. The number of carbonyl (C=O) groups is 3. The second-order valence-corrected chi connectivity index (χ2v) is 18.6. The minimum atomic E-state index is -2.30. The third kappa shape index (κ3) is 8.96. The highest BCUT2D eigenvalue weighted by molar-refractivity contribution is 6.73. The normalized spacial score (nSPS) is 11.9. The molecule has 0 aliphatic carbocycles. The second kappa shape index (κ2) is 15.7. The average molecular weight is 671 g/mol. The van der Waals surface area contributed by atoms with Gasteiger partial charge in [0.15, 0.2) is 0 Å². The van der Waals surface area contributed by atoms with Crippen molar-refractivity contribution in [2.75, 3.05) is 5.32 Å². The summed E-state index contributed by atoms with van der Waals surface area (Å²) in [6.45, 7) is 14.7. The maximum atomic E-state index is 14.2. The molecule has 0 unspecified atom stereocenters. The number of nitrogens with one attached hydrogen (secondary N) is 1. The molecule has 9 heteroatoms. The van der Waals surface area contributed by atoms with Gasteiger partial charge in [0.1, 0.15) is 18.0 Å². The van der Waals surface area contributed by atoms with Gasteiger partial charge in [-0.1, -0.05) is 83.1 Å². The van der Waals surface area contributed by atoms with Gasteiger partial charge in [-0.25, -0.2) is 13.8 Å². The number of carbonyl (C=O) groups excluding carboxylic acids is 3. The molecule has 254 valence electrons. The van der Waals surface area contributed by atoms with E-state index in [9.17, 15) is 18.8 Å². The number of nitrogens with zero attached hydrogens (tertiary/aromatic N) is 1. The van der Waals surface area contributed by atoms with E-state index in [0.29, 0.717) is 30.6 Å². The van der Waals surface area contributed by atoms with Crippen LogP contribution in [-0.4, -0.2) is 30.5 Å². The van der Waals surface area contributed by atoms with Crippen LogP contribution in [0.2, 0.25) is 18.1 Å². The molecule has 4 aromatic rings. The Bertz CT molecular complexity index is 1710. The molecule has 1 aromatic heterocycles. The number of amides is 1. The number of hydrogen-bond donors (Lipinski definition) is 1. The molecule has 0 radical (unpaired) electrons. The molecule has 1 heterocycles. The molecule has 0 atom stereocenters. The molecule has 0 aliphatic rings. The van der Waals surface area contributed by atoms with Crippen molar-refractivity contribution in [3.8, 4) is 22.4 Å². The predicted molar refractivity (Wildman–Crippen MR) is 192 cm³/mol. The first kappa shape index (κ1) is 36.5. The summed E-state index contributed by atoms with van der Waals surface area (Å²) in [5.41, 5.74) is 5.29. The molecule has 0 spiro atoms. The van der Waals surface area contributed by atoms with Gasteiger partial charge >= 0.3 is 5.97 Å². The topological polar surface area (TPSA) is 86.6 Å². The lowest BCUT2D eigenvalue weighted by atomic mass is 9.94. The van der Waals surface area contributed by atoms with E-state index in [4.69, 9.17) is 9.46 Å². The van der Waals surface area contributed by atoms with Crippen molar-refractivity contribution >= 4 is 31.7 Å². The van der Waals surface area contributed by atoms with Crippen LogP contribution in [0.4, 0.5) is 10.1 Å². The number of halogens is 1. The lowest BCUT2D eigenvalue weighted by Gasteiger charge is -2.33. The highest BCUT2D eigenvalue weighted by atomic mass is 28.4. The van der Waals surface area contributed by atoms with Crippen molar-refractivity contribution in [1.29, 1.82) is 0 Å². The third-order valence-electron chi connectivity index (χ3n) is 8.87. The molecule has 0 aliphatic heterocycles. The zero-order valence-electron chi connectivity index (χ0n) is 29.1. The number of unbranched alkanes of at least 4 members (excludes halogenated alkanes) is 1. The molecule has 0 bridgehead atoms. The number of hydrogen-bond acceptors (Lipinski definition) is 5. The van der Waals surface area contributed by atoms with Crippen LogP contribution < -0.4 is 5.32 Å². The molecule has 3 aromatic carbocycles. The number of ketones is 1. The van der Waals surface area contributed by atoms with Crippen LogP contribution in [0.15, 0.2) is 84.9 Å². The summed E-state index contributed by atoms with van der Waals surface area (Å²) in [4.78, 5) is 44.4. The minimum absolute atomic E-state index is 0.0458. The smallest absolute Gasteiger partial charge is 0.343 e. The summed E-state index contributed by atoms with van der Waals surface area (Å²) >= 11 is 0. The van der Waals surface area contributed by atoms with Crippen LogP contribution in [0.25, 0.3) is 22.4 Å². The summed E-state index contributed by atoms with van der Waals surface area (Å²) in [5, 5.41) is 2.95. The second-order valence-electron chi connectivity index (χ2n) is 14.0. The van der Waals surface area contributed by atoms with Crippen LogP contribution >= 0.6 is 0 Å². The maximum Gasteiger partial charge on any atom is 0.348 e. The van der Waals surface area contributed by atoms with Crippen molar-refractivity contribution in [1.82, 2.24) is 4.57 Å². The Hall–Kier alpha value is -4.34. The maximum absolute atomic E-state index is 14.2. The van der Waals surface area contributed by atoms with Crippen molar-refractivity contribution in [3.63, 3.8) is 0 Å². The highest BCUT2D eigenvalue weighted by Crippen LogP contribution is 2.43. The Balaban J connectivity index is 1.64. The largest absolute Gasteiger partial charge is 0.348 e. The zero-order valence-corrected chi connectivity index (χ0v) is 30.1. The quantitative estimate of drug-likeness (QED) is 0.0475. The van der Waals surface area contributed by atoms with Crippen LogP contribution in [0, 0.1) is 5.82 Å². The Labute approximate surface area is 284 Å². The molecule has 7 nitrogen and oxygen atoms in total. The SMILES string of the molecule is CC(C)c1c(C(=O)Nc2ccccc2)c(-c2ccccc2)c(-c2ccc(F)cc2)n1CCCCC(=O)CC(=O)OO[Si](C)(C)C(C)(C)C. The zero-order chi connectivity index (χ0) is 35.1. The van der Waals surface area contributed by atoms with Gasteiger partial charge < -0.3 is 14.8 Å². The summed E-state index contributed by atoms with van der Waals surface area (Å²) in [6.07, 6.45) is 0.988. The van der Waals surface area contributed by atoms with Gasteiger partial charge in [0.25, 0.3) is 14.2 Å². The van der Waals surface area contributed by atoms with Gasteiger partial charge in [-0.2, -0.15) is 0 Å². The van der Waals surface area contributed by atoms with Crippen molar-refractivity contribution in [2.45, 2.75) is 90.9 Å².